The molecular formula is C54H43N7O5S3. The van der Waals surface area contributed by atoms with E-state index in [9.17, 15) is 14.4 Å². The minimum Gasteiger partial charge on any atom is -0.448 e. The van der Waals surface area contributed by atoms with E-state index in [4.69, 9.17) is 19.5 Å². The average Bonchev–Trinajstić information content (AvgIpc) is 4.08. The second-order valence-corrected chi connectivity index (χ2v) is 19.2. The normalized spacial score (nSPS) is 15.8. The van der Waals surface area contributed by atoms with Gasteiger partial charge in [-0.15, -0.1) is 34.4 Å². The first kappa shape index (κ1) is 45.1. The highest BCUT2D eigenvalue weighted by atomic mass is 32.2. The maximum atomic E-state index is 14.8. The Bertz CT molecular complexity index is 3000. The molecule has 2 amide bonds. The third-order valence-corrected chi connectivity index (χ3v) is 15.0. The number of esters is 1. The molecule has 2 unspecified atom stereocenters. The maximum Gasteiger partial charge on any atom is 0.356 e. The molecule has 5 heterocycles. The van der Waals surface area contributed by atoms with Crippen LogP contribution in [0, 0.1) is 0 Å². The number of fused-ring (bicyclic) bond motifs is 1. The van der Waals surface area contributed by atoms with Crippen LogP contribution in [-0.4, -0.2) is 67.6 Å². The zero-order valence-electron chi connectivity index (χ0n) is 37.0. The van der Waals surface area contributed by atoms with E-state index in [0.29, 0.717) is 22.9 Å². The van der Waals surface area contributed by atoms with E-state index in [1.807, 2.05) is 127 Å². The van der Waals surface area contributed by atoms with Gasteiger partial charge in [-0.1, -0.05) is 163 Å². The van der Waals surface area contributed by atoms with Gasteiger partial charge in [0.25, 0.3) is 11.8 Å². The number of rotatable bonds is 16. The molecule has 0 aliphatic carbocycles. The highest BCUT2D eigenvalue weighted by Gasteiger charge is 2.55. The number of carbonyl (C=O) groups is 3. The fourth-order valence-corrected chi connectivity index (χ4v) is 11.8. The number of hydrogen-bond acceptors (Lipinski definition) is 13. The third-order valence-electron chi connectivity index (χ3n) is 11.9. The number of thioether (sulfide) groups is 1. The number of amides is 2. The average molecular weight is 966 g/mol. The standard InChI is InChI=1S/C54H43N7O5S3/c1-65-60-45(42-34-68-53(57-42)59-54(38-23-11-4-12-24-38,39-25-13-5-14-26-39)40-27-15-6-16-28-40)49(62)58-46-50(63)61-47(52(64)66-48(36-19-7-2-8-20-36)37-21-9-3-10-22-37)41(33-67-51(46)61)43-32-56-44(69-43)30-35-18-17-29-55-31-35/h2-29,31-32,34,46,48,51H,30,33H2,1H3,(H,57,59)(H,58,62). The number of carbonyl (C=O) groups excluding carboxylic acids is 3. The molecule has 2 N–H and O–H groups in total. The molecule has 1 saturated heterocycles. The van der Waals surface area contributed by atoms with Gasteiger partial charge < -0.3 is 20.2 Å². The number of nitrogens with zero attached hydrogens (tertiary/aromatic N) is 5. The lowest BCUT2D eigenvalue weighted by Crippen LogP contribution is -2.71. The van der Waals surface area contributed by atoms with Crippen molar-refractivity contribution in [2.24, 2.45) is 5.16 Å². The van der Waals surface area contributed by atoms with Gasteiger partial charge in [-0.05, 0) is 39.4 Å². The molecule has 2 atom stereocenters. The van der Waals surface area contributed by atoms with Crippen molar-refractivity contribution in [3.05, 3.63) is 242 Å². The Morgan fingerprint density at radius 3 is 1.96 bits per heavy atom. The van der Waals surface area contributed by atoms with Gasteiger partial charge in [0.2, 0.25) is 0 Å². The molecule has 0 radical (unpaired) electrons. The third kappa shape index (κ3) is 9.19. The molecule has 8 aromatic rings. The second kappa shape index (κ2) is 20.2. The van der Waals surface area contributed by atoms with Gasteiger partial charge in [0.1, 0.15) is 35.5 Å². The summed E-state index contributed by atoms with van der Waals surface area (Å²) in [7, 11) is 1.35. The van der Waals surface area contributed by atoms with Crippen molar-refractivity contribution >= 4 is 68.6 Å². The summed E-state index contributed by atoms with van der Waals surface area (Å²) in [6.07, 6.45) is 5.05. The van der Waals surface area contributed by atoms with E-state index in [0.717, 1.165) is 43.3 Å². The molecule has 10 rings (SSSR count). The molecular weight excluding hydrogens is 923 g/mol. The lowest BCUT2D eigenvalue weighted by Gasteiger charge is -2.49. The summed E-state index contributed by atoms with van der Waals surface area (Å²) in [4.78, 5) is 64.9. The number of benzene rings is 5. The molecule has 3 aromatic heterocycles. The van der Waals surface area contributed by atoms with E-state index in [1.165, 1.54) is 46.4 Å². The fourth-order valence-electron chi connectivity index (χ4n) is 8.64. The molecule has 1 fully saturated rings. The van der Waals surface area contributed by atoms with Crippen LogP contribution in [0.3, 0.4) is 0 Å². The number of aromatic nitrogens is 3. The highest BCUT2D eigenvalue weighted by Crippen LogP contribution is 2.46. The van der Waals surface area contributed by atoms with Crippen LogP contribution in [0.5, 0.6) is 0 Å². The number of oxime groups is 1. The molecule has 12 nitrogen and oxygen atoms in total. The van der Waals surface area contributed by atoms with Crippen molar-refractivity contribution in [3.8, 4) is 0 Å². The Labute approximate surface area is 410 Å². The molecule has 5 aromatic carbocycles. The second-order valence-electron chi connectivity index (χ2n) is 16.1. The fraction of sp³-hybridized carbons (Fsp3) is 0.130. The monoisotopic (exact) mass is 965 g/mol. The van der Waals surface area contributed by atoms with Crippen molar-refractivity contribution in [2.45, 2.75) is 29.5 Å². The Morgan fingerprint density at radius 1 is 0.797 bits per heavy atom. The lowest BCUT2D eigenvalue weighted by atomic mass is 9.77. The minimum absolute atomic E-state index is 0.113. The van der Waals surface area contributed by atoms with Crippen LogP contribution in [0.4, 0.5) is 5.13 Å². The zero-order chi connectivity index (χ0) is 47.2. The molecule has 0 bridgehead atoms. The van der Waals surface area contributed by atoms with Gasteiger partial charge in [-0.25, -0.2) is 14.8 Å². The first-order valence-corrected chi connectivity index (χ1v) is 24.8. The van der Waals surface area contributed by atoms with Crippen LogP contribution in [0.25, 0.3) is 5.57 Å². The van der Waals surface area contributed by atoms with E-state index in [2.05, 4.69) is 57.2 Å². The van der Waals surface area contributed by atoms with Crippen molar-refractivity contribution < 1.29 is 24.0 Å². The number of nitrogens with one attached hydrogen (secondary N) is 2. The highest BCUT2D eigenvalue weighted by molar-refractivity contribution is 8.00. The van der Waals surface area contributed by atoms with Crippen molar-refractivity contribution in [1.82, 2.24) is 25.2 Å². The summed E-state index contributed by atoms with van der Waals surface area (Å²) in [5, 5.41) is 13.2. The molecule has 15 heteroatoms. The number of pyridine rings is 1. The predicted octanol–water partition coefficient (Wildman–Crippen LogP) is 9.48. The van der Waals surface area contributed by atoms with Crippen molar-refractivity contribution in [1.29, 1.82) is 0 Å². The van der Waals surface area contributed by atoms with Gasteiger partial charge in [-0.2, -0.15) is 0 Å². The number of hydrogen-bond donors (Lipinski definition) is 2. The predicted molar refractivity (Wildman–Crippen MR) is 270 cm³/mol. The molecule has 0 saturated carbocycles. The van der Waals surface area contributed by atoms with Crippen LogP contribution in [-0.2, 0) is 35.9 Å². The summed E-state index contributed by atoms with van der Waals surface area (Å²) in [5.74, 6) is -1.47. The van der Waals surface area contributed by atoms with Crippen LogP contribution in [0.2, 0.25) is 0 Å². The van der Waals surface area contributed by atoms with Gasteiger partial charge >= 0.3 is 5.97 Å². The summed E-state index contributed by atoms with van der Waals surface area (Å²) < 4.78 is 6.42. The SMILES string of the molecule is CON=C(C(=O)NC1C(=O)N2C(C(=O)OC(c3ccccc3)c3ccccc3)=C(c3cnc(Cc4cccnc4)s3)CSC12)c1csc(NC(c2ccccc2)(c2ccccc2)c2ccccc2)n1. The first-order chi connectivity index (χ1) is 33.9. The van der Waals surface area contributed by atoms with Crippen LogP contribution < -0.4 is 10.6 Å². The van der Waals surface area contributed by atoms with Gasteiger partial charge in [0.15, 0.2) is 16.9 Å². The Balaban J connectivity index is 0.939. The molecule has 342 valence electrons. The Kier molecular flexibility index (Phi) is 13.2. The summed E-state index contributed by atoms with van der Waals surface area (Å²) in [5.41, 5.74) is 5.49. The Morgan fingerprint density at radius 2 is 1.39 bits per heavy atom. The topological polar surface area (TPSA) is 148 Å². The van der Waals surface area contributed by atoms with Crippen LogP contribution >= 0.6 is 34.4 Å². The molecule has 69 heavy (non-hydrogen) atoms. The lowest BCUT2D eigenvalue weighted by molar-refractivity contribution is -0.154. The number of ether oxygens (including phenoxy) is 1. The number of β-lactam (4-membered cyclic amide) rings is 1. The quantitative estimate of drug-likeness (QED) is 0.0316. The van der Waals surface area contributed by atoms with E-state index >= 15 is 0 Å². The van der Waals surface area contributed by atoms with E-state index in [1.54, 1.807) is 24.0 Å². The minimum atomic E-state index is -1.01. The molecule has 2 aliphatic rings. The number of anilines is 1. The smallest absolute Gasteiger partial charge is 0.356 e. The van der Waals surface area contributed by atoms with E-state index < -0.39 is 40.8 Å². The zero-order valence-corrected chi connectivity index (χ0v) is 39.5. The maximum absolute atomic E-state index is 14.8. The summed E-state index contributed by atoms with van der Waals surface area (Å²) >= 11 is 4.20. The summed E-state index contributed by atoms with van der Waals surface area (Å²) in [6, 6.07) is 52.2. The van der Waals surface area contributed by atoms with Crippen LogP contribution in [0.1, 0.15) is 55.1 Å². The first-order valence-electron chi connectivity index (χ1n) is 22.1. The van der Waals surface area contributed by atoms with Gasteiger partial charge in [0, 0.05) is 41.7 Å². The number of thiazole rings is 2. The van der Waals surface area contributed by atoms with Crippen molar-refractivity contribution in [3.63, 3.8) is 0 Å². The van der Waals surface area contributed by atoms with Gasteiger partial charge in [0.05, 0.1) is 9.88 Å². The summed E-state index contributed by atoms with van der Waals surface area (Å²) in [6.45, 7) is 0. The largest absolute Gasteiger partial charge is 0.448 e. The molecule has 2 aliphatic heterocycles. The van der Waals surface area contributed by atoms with Crippen molar-refractivity contribution in [2.75, 3.05) is 18.2 Å². The van der Waals surface area contributed by atoms with Gasteiger partial charge in [-0.3, -0.25) is 19.5 Å². The molecule has 0 spiro atoms. The Hall–Kier alpha value is -7.72. The van der Waals surface area contributed by atoms with E-state index in [-0.39, 0.29) is 17.1 Å². The van der Waals surface area contributed by atoms with Crippen LogP contribution in [0.15, 0.2) is 199 Å².